The van der Waals surface area contributed by atoms with Crippen LogP contribution in [0.5, 0.6) is 0 Å². The number of aliphatic hydroxyl groups excluding tert-OH is 1. The van der Waals surface area contributed by atoms with Crippen molar-refractivity contribution >= 4 is 22.6 Å². The smallest absolute Gasteiger partial charge is 0.326 e. The quantitative estimate of drug-likeness (QED) is 0.768. The standard InChI is InChI=1S/C15H15NO4/c17-8-7-13(15(19)20)16-14(18)12-6-5-10-3-1-2-4-11(10)9-12/h1-6,9,13,17H,7-8H2,(H,16,18)(H,19,20)/t13-/m1/s1. The van der Waals surface area contributed by atoms with Gasteiger partial charge in [0.15, 0.2) is 0 Å². The molecule has 5 heteroatoms. The highest BCUT2D eigenvalue weighted by atomic mass is 16.4. The number of hydrogen-bond donors (Lipinski definition) is 3. The van der Waals surface area contributed by atoms with Crippen LogP contribution in [0.25, 0.3) is 10.8 Å². The highest BCUT2D eigenvalue weighted by Gasteiger charge is 2.19. The molecule has 2 aromatic rings. The van der Waals surface area contributed by atoms with E-state index in [1.807, 2.05) is 30.3 Å². The number of aliphatic carboxylic acids is 1. The molecule has 0 aliphatic rings. The van der Waals surface area contributed by atoms with Gasteiger partial charge in [0.25, 0.3) is 5.91 Å². The second-order valence-corrected chi connectivity index (χ2v) is 4.44. The molecule has 0 aromatic heterocycles. The molecule has 20 heavy (non-hydrogen) atoms. The molecule has 0 heterocycles. The summed E-state index contributed by atoms with van der Waals surface area (Å²) in [6.07, 6.45) is -0.0192. The third-order valence-corrected chi connectivity index (χ3v) is 3.03. The molecular formula is C15H15NO4. The number of benzene rings is 2. The van der Waals surface area contributed by atoms with E-state index in [4.69, 9.17) is 10.2 Å². The summed E-state index contributed by atoms with van der Waals surface area (Å²) in [5.41, 5.74) is 0.396. The first-order valence-corrected chi connectivity index (χ1v) is 6.25. The lowest BCUT2D eigenvalue weighted by molar-refractivity contribution is -0.139. The Balaban J connectivity index is 2.20. The number of carbonyl (C=O) groups excluding carboxylic acids is 1. The molecule has 3 N–H and O–H groups in total. The van der Waals surface area contributed by atoms with Gasteiger partial charge in [-0.1, -0.05) is 30.3 Å². The fraction of sp³-hybridized carbons (Fsp3) is 0.200. The van der Waals surface area contributed by atoms with Crippen LogP contribution >= 0.6 is 0 Å². The van der Waals surface area contributed by atoms with Crippen LogP contribution in [0.15, 0.2) is 42.5 Å². The fourth-order valence-electron chi connectivity index (χ4n) is 1.96. The first kappa shape index (κ1) is 14.0. The summed E-state index contributed by atoms with van der Waals surface area (Å²) in [6, 6.07) is 11.7. The molecule has 0 saturated heterocycles. The van der Waals surface area contributed by atoms with Gasteiger partial charge in [-0.15, -0.1) is 0 Å². The third kappa shape index (κ3) is 3.13. The fourth-order valence-corrected chi connectivity index (χ4v) is 1.96. The van der Waals surface area contributed by atoms with Crippen LogP contribution in [-0.2, 0) is 4.79 Å². The van der Waals surface area contributed by atoms with Crippen molar-refractivity contribution in [2.24, 2.45) is 0 Å². The van der Waals surface area contributed by atoms with Crippen molar-refractivity contribution in [2.45, 2.75) is 12.5 Å². The molecule has 2 aromatic carbocycles. The van der Waals surface area contributed by atoms with E-state index in [0.717, 1.165) is 10.8 Å². The maximum Gasteiger partial charge on any atom is 0.326 e. The normalized spacial score (nSPS) is 12.1. The summed E-state index contributed by atoms with van der Waals surface area (Å²) in [6.45, 7) is -0.297. The lowest BCUT2D eigenvalue weighted by Gasteiger charge is -2.13. The summed E-state index contributed by atoms with van der Waals surface area (Å²) in [5, 5.41) is 22.1. The number of fused-ring (bicyclic) bond motifs is 1. The van der Waals surface area contributed by atoms with Gasteiger partial charge >= 0.3 is 5.97 Å². The first-order chi connectivity index (χ1) is 9.61. The van der Waals surface area contributed by atoms with Crippen molar-refractivity contribution in [1.82, 2.24) is 5.32 Å². The largest absolute Gasteiger partial charge is 0.480 e. The van der Waals surface area contributed by atoms with Crippen molar-refractivity contribution in [3.63, 3.8) is 0 Å². The lowest BCUT2D eigenvalue weighted by atomic mass is 10.1. The predicted octanol–water partition coefficient (Wildman–Crippen LogP) is 1.41. The van der Waals surface area contributed by atoms with Crippen LogP contribution in [0.1, 0.15) is 16.8 Å². The Kier molecular flexibility index (Phi) is 4.32. The van der Waals surface area contributed by atoms with Gasteiger partial charge in [0.1, 0.15) is 6.04 Å². The van der Waals surface area contributed by atoms with Crippen molar-refractivity contribution in [3.8, 4) is 0 Å². The van der Waals surface area contributed by atoms with Crippen LogP contribution in [0.2, 0.25) is 0 Å². The van der Waals surface area contributed by atoms with Crippen molar-refractivity contribution in [3.05, 3.63) is 48.0 Å². The maximum absolute atomic E-state index is 12.0. The second-order valence-electron chi connectivity index (χ2n) is 4.44. The summed E-state index contributed by atoms with van der Waals surface area (Å²) in [7, 11) is 0. The van der Waals surface area contributed by atoms with Gasteiger partial charge in [-0.2, -0.15) is 0 Å². The van der Waals surface area contributed by atoms with Crippen LogP contribution in [0.4, 0.5) is 0 Å². The van der Waals surface area contributed by atoms with Crippen molar-refractivity contribution in [1.29, 1.82) is 0 Å². The van der Waals surface area contributed by atoms with Gasteiger partial charge in [-0.25, -0.2) is 4.79 Å². The van der Waals surface area contributed by atoms with Crippen molar-refractivity contribution in [2.75, 3.05) is 6.61 Å². The van der Waals surface area contributed by atoms with E-state index in [9.17, 15) is 9.59 Å². The minimum absolute atomic E-state index is 0.0192. The van der Waals surface area contributed by atoms with Gasteiger partial charge in [0.2, 0.25) is 0 Å². The zero-order chi connectivity index (χ0) is 14.5. The van der Waals surface area contributed by atoms with Gasteiger partial charge in [0.05, 0.1) is 0 Å². The number of rotatable bonds is 5. The molecule has 0 unspecified atom stereocenters. The molecule has 0 aliphatic carbocycles. The van der Waals surface area contributed by atoms with E-state index in [1.165, 1.54) is 0 Å². The average molecular weight is 273 g/mol. The Morgan fingerprint density at radius 1 is 1.10 bits per heavy atom. The molecule has 0 aliphatic heterocycles. The zero-order valence-corrected chi connectivity index (χ0v) is 10.7. The predicted molar refractivity (Wildman–Crippen MR) is 74.5 cm³/mol. The molecule has 104 valence electrons. The minimum Gasteiger partial charge on any atom is -0.480 e. The topological polar surface area (TPSA) is 86.6 Å². The average Bonchev–Trinajstić information content (AvgIpc) is 2.46. The Morgan fingerprint density at radius 2 is 1.80 bits per heavy atom. The molecule has 2 rings (SSSR count). The van der Waals surface area contributed by atoms with Crippen LogP contribution in [0.3, 0.4) is 0 Å². The van der Waals surface area contributed by atoms with Crippen LogP contribution in [-0.4, -0.2) is 34.7 Å². The van der Waals surface area contributed by atoms with Gasteiger partial charge < -0.3 is 15.5 Å². The molecule has 0 radical (unpaired) electrons. The Morgan fingerprint density at radius 3 is 2.45 bits per heavy atom. The van der Waals surface area contributed by atoms with E-state index in [0.29, 0.717) is 5.56 Å². The van der Waals surface area contributed by atoms with E-state index < -0.39 is 17.9 Å². The highest BCUT2D eigenvalue weighted by molar-refractivity contribution is 6.00. The van der Waals surface area contributed by atoms with Gasteiger partial charge in [-0.05, 0) is 22.9 Å². The van der Waals surface area contributed by atoms with E-state index in [2.05, 4.69) is 5.32 Å². The molecule has 0 spiro atoms. The number of carboxylic acid groups (broad SMARTS) is 1. The molecule has 1 atom stereocenters. The second kappa shape index (κ2) is 6.16. The van der Waals surface area contributed by atoms with E-state index >= 15 is 0 Å². The molecule has 1 amide bonds. The highest BCUT2D eigenvalue weighted by Crippen LogP contribution is 2.15. The minimum atomic E-state index is -1.16. The number of carboxylic acids is 1. The summed E-state index contributed by atoms with van der Waals surface area (Å²) in [4.78, 5) is 23.0. The number of nitrogens with one attached hydrogen (secondary N) is 1. The first-order valence-electron chi connectivity index (χ1n) is 6.25. The molecule has 0 saturated carbocycles. The number of carbonyl (C=O) groups is 2. The van der Waals surface area contributed by atoms with E-state index in [-0.39, 0.29) is 13.0 Å². The van der Waals surface area contributed by atoms with Gasteiger partial charge in [-0.3, -0.25) is 4.79 Å². The van der Waals surface area contributed by atoms with Gasteiger partial charge in [0, 0.05) is 18.6 Å². The third-order valence-electron chi connectivity index (χ3n) is 3.03. The molecule has 0 bridgehead atoms. The van der Waals surface area contributed by atoms with E-state index in [1.54, 1.807) is 12.1 Å². The molecule has 5 nitrogen and oxygen atoms in total. The Bertz CT molecular complexity index is 639. The van der Waals surface area contributed by atoms with Crippen molar-refractivity contribution < 1.29 is 19.8 Å². The summed E-state index contributed by atoms with van der Waals surface area (Å²) in [5.74, 6) is -1.62. The molecular weight excluding hydrogens is 258 g/mol. The Hall–Kier alpha value is -2.40. The lowest BCUT2D eigenvalue weighted by Crippen LogP contribution is -2.41. The van der Waals surface area contributed by atoms with Crippen LogP contribution < -0.4 is 5.32 Å². The molecule has 0 fully saturated rings. The summed E-state index contributed by atoms with van der Waals surface area (Å²) >= 11 is 0. The maximum atomic E-state index is 12.0. The summed E-state index contributed by atoms with van der Waals surface area (Å²) < 4.78 is 0. The number of amides is 1. The number of aliphatic hydroxyl groups is 1. The SMILES string of the molecule is O=C(N[C@H](CCO)C(=O)O)c1ccc2ccccc2c1. The Labute approximate surface area is 115 Å². The zero-order valence-electron chi connectivity index (χ0n) is 10.7. The number of hydrogen-bond acceptors (Lipinski definition) is 3. The monoisotopic (exact) mass is 273 g/mol. The van der Waals surface area contributed by atoms with Crippen LogP contribution in [0, 0.1) is 0 Å².